The van der Waals surface area contributed by atoms with Crippen LogP contribution in [0.4, 0.5) is 5.95 Å². The fourth-order valence-corrected chi connectivity index (χ4v) is 2.38. The lowest BCUT2D eigenvalue weighted by Crippen LogP contribution is -2.29. The van der Waals surface area contributed by atoms with Crippen LogP contribution < -0.4 is 10.2 Å². The molecule has 1 aliphatic rings. The van der Waals surface area contributed by atoms with Crippen molar-refractivity contribution in [1.29, 1.82) is 0 Å². The smallest absolute Gasteiger partial charge is 0.225 e. The Morgan fingerprint density at radius 3 is 3.10 bits per heavy atom. The second kappa shape index (κ2) is 6.00. The molecule has 3 rings (SSSR count). The van der Waals surface area contributed by atoms with Crippen LogP contribution in [0.15, 0.2) is 24.7 Å². The Balaban J connectivity index is 1.84. The first-order valence-electron chi connectivity index (χ1n) is 7.18. The van der Waals surface area contributed by atoms with Gasteiger partial charge in [-0.1, -0.05) is 0 Å². The van der Waals surface area contributed by atoms with E-state index in [1.54, 1.807) is 0 Å². The van der Waals surface area contributed by atoms with Crippen LogP contribution in [0.1, 0.15) is 13.3 Å². The summed E-state index contributed by atoms with van der Waals surface area (Å²) in [7, 11) is 0. The Morgan fingerprint density at radius 2 is 2.25 bits per heavy atom. The Kier molecular flexibility index (Phi) is 3.92. The van der Waals surface area contributed by atoms with Crippen molar-refractivity contribution in [2.24, 2.45) is 0 Å². The molecule has 1 fully saturated rings. The lowest BCUT2D eigenvalue weighted by molar-refractivity contribution is 0.660. The number of nitrogens with one attached hydrogen (secondary N) is 1. The zero-order valence-corrected chi connectivity index (χ0v) is 11.8. The number of aromatic nitrogens is 4. The molecule has 6 heteroatoms. The molecule has 0 aromatic carbocycles. The van der Waals surface area contributed by atoms with E-state index in [-0.39, 0.29) is 0 Å². The highest BCUT2D eigenvalue weighted by Gasteiger charge is 2.13. The molecule has 106 valence electrons. The van der Waals surface area contributed by atoms with Crippen molar-refractivity contribution in [2.45, 2.75) is 19.9 Å². The van der Waals surface area contributed by atoms with Crippen molar-refractivity contribution in [3.63, 3.8) is 0 Å². The highest BCUT2D eigenvalue weighted by Crippen LogP contribution is 2.18. The standard InChI is InChI=1S/C14H20N6/c1-2-20-11-12(10-17-20)13-4-6-16-14(18-13)19-8-3-5-15-7-9-19/h4,6,10-11,15H,2-3,5,7-9H2,1H3. The summed E-state index contributed by atoms with van der Waals surface area (Å²) in [6, 6.07) is 1.94. The Morgan fingerprint density at radius 1 is 1.30 bits per heavy atom. The fraction of sp³-hybridized carbons (Fsp3) is 0.500. The number of hydrogen-bond donors (Lipinski definition) is 1. The third kappa shape index (κ3) is 2.80. The summed E-state index contributed by atoms with van der Waals surface area (Å²) >= 11 is 0. The number of aryl methyl sites for hydroxylation is 1. The lowest BCUT2D eigenvalue weighted by Gasteiger charge is -2.19. The van der Waals surface area contributed by atoms with Gasteiger partial charge in [0.25, 0.3) is 0 Å². The van der Waals surface area contributed by atoms with Crippen molar-refractivity contribution in [3.05, 3.63) is 24.7 Å². The van der Waals surface area contributed by atoms with Gasteiger partial charge in [-0.2, -0.15) is 5.10 Å². The number of rotatable bonds is 3. The van der Waals surface area contributed by atoms with Crippen LogP contribution in [0.5, 0.6) is 0 Å². The first kappa shape index (κ1) is 13.1. The normalized spacial score (nSPS) is 16.1. The molecule has 0 atom stereocenters. The van der Waals surface area contributed by atoms with E-state index >= 15 is 0 Å². The van der Waals surface area contributed by atoms with Gasteiger partial charge >= 0.3 is 0 Å². The molecule has 1 saturated heterocycles. The second-order valence-electron chi connectivity index (χ2n) is 4.92. The van der Waals surface area contributed by atoms with E-state index in [2.05, 4.69) is 32.2 Å². The van der Waals surface area contributed by atoms with Gasteiger partial charge in [-0.15, -0.1) is 0 Å². The topological polar surface area (TPSA) is 58.9 Å². The monoisotopic (exact) mass is 272 g/mol. The molecule has 0 amide bonds. The molecular weight excluding hydrogens is 252 g/mol. The molecule has 3 heterocycles. The summed E-state index contributed by atoms with van der Waals surface area (Å²) in [6.45, 7) is 6.96. The van der Waals surface area contributed by atoms with Gasteiger partial charge in [-0.05, 0) is 26.0 Å². The number of hydrogen-bond acceptors (Lipinski definition) is 5. The third-order valence-corrected chi connectivity index (χ3v) is 3.52. The molecule has 6 nitrogen and oxygen atoms in total. The maximum absolute atomic E-state index is 4.69. The minimum absolute atomic E-state index is 0.815. The van der Waals surface area contributed by atoms with Gasteiger partial charge in [-0.25, -0.2) is 9.97 Å². The molecule has 0 bridgehead atoms. The van der Waals surface area contributed by atoms with Gasteiger partial charge in [-0.3, -0.25) is 4.68 Å². The minimum Gasteiger partial charge on any atom is -0.339 e. The van der Waals surface area contributed by atoms with Crippen LogP contribution in [0.25, 0.3) is 11.3 Å². The average molecular weight is 272 g/mol. The summed E-state index contributed by atoms with van der Waals surface area (Å²) in [5.74, 6) is 0.815. The van der Waals surface area contributed by atoms with Gasteiger partial charge in [0.2, 0.25) is 5.95 Å². The van der Waals surface area contributed by atoms with E-state index in [0.29, 0.717) is 0 Å². The summed E-state index contributed by atoms with van der Waals surface area (Å²) in [5.41, 5.74) is 1.98. The van der Waals surface area contributed by atoms with E-state index in [9.17, 15) is 0 Å². The molecular formula is C14H20N6. The van der Waals surface area contributed by atoms with Crippen molar-refractivity contribution in [2.75, 3.05) is 31.1 Å². The Bertz CT molecular complexity index is 556. The summed E-state index contributed by atoms with van der Waals surface area (Å²) in [4.78, 5) is 11.4. The van der Waals surface area contributed by atoms with Crippen LogP contribution in [-0.4, -0.2) is 45.9 Å². The zero-order valence-electron chi connectivity index (χ0n) is 11.8. The van der Waals surface area contributed by atoms with Crippen LogP contribution in [0.2, 0.25) is 0 Å². The van der Waals surface area contributed by atoms with Crippen LogP contribution in [-0.2, 0) is 6.54 Å². The van der Waals surface area contributed by atoms with Crippen molar-refractivity contribution in [1.82, 2.24) is 25.1 Å². The zero-order chi connectivity index (χ0) is 13.8. The second-order valence-corrected chi connectivity index (χ2v) is 4.92. The quantitative estimate of drug-likeness (QED) is 0.908. The minimum atomic E-state index is 0.815. The Hall–Kier alpha value is -1.95. The van der Waals surface area contributed by atoms with Gasteiger partial charge < -0.3 is 10.2 Å². The van der Waals surface area contributed by atoms with E-state index in [0.717, 1.165) is 56.4 Å². The third-order valence-electron chi connectivity index (χ3n) is 3.52. The SMILES string of the molecule is CCn1cc(-c2ccnc(N3CCCNCC3)n2)cn1. The predicted molar refractivity (Wildman–Crippen MR) is 78.6 cm³/mol. The van der Waals surface area contributed by atoms with E-state index in [1.165, 1.54) is 0 Å². The highest BCUT2D eigenvalue weighted by molar-refractivity contribution is 5.58. The molecule has 0 aliphatic carbocycles. The molecule has 0 unspecified atom stereocenters. The first-order chi connectivity index (χ1) is 9.86. The highest BCUT2D eigenvalue weighted by atomic mass is 15.3. The summed E-state index contributed by atoms with van der Waals surface area (Å²) in [5, 5.41) is 7.69. The lowest BCUT2D eigenvalue weighted by atomic mass is 10.2. The van der Waals surface area contributed by atoms with Gasteiger partial charge in [0, 0.05) is 44.1 Å². The van der Waals surface area contributed by atoms with E-state index in [4.69, 9.17) is 0 Å². The molecule has 20 heavy (non-hydrogen) atoms. The van der Waals surface area contributed by atoms with Crippen LogP contribution in [0.3, 0.4) is 0 Å². The largest absolute Gasteiger partial charge is 0.339 e. The molecule has 0 saturated carbocycles. The van der Waals surface area contributed by atoms with E-state index < -0.39 is 0 Å². The van der Waals surface area contributed by atoms with E-state index in [1.807, 2.05) is 29.3 Å². The number of nitrogens with zero attached hydrogens (tertiary/aromatic N) is 5. The van der Waals surface area contributed by atoms with Gasteiger partial charge in [0.15, 0.2) is 0 Å². The molecule has 0 radical (unpaired) electrons. The molecule has 0 spiro atoms. The molecule has 1 aliphatic heterocycles. The van der Waals surface area contributed by atoms with Crippen molar-refractivity contribution >= 4 is 5.95 Å². The maximum atomic E-state index is 4.69. The molecule has 2 aromatic heterocycles. The average Bonchev–Trinajstić information content (AvgIpc) is 2.82. The Labute approximate surface area is 118 Å². The first-order valence-corrected chi connectivity index (χ1v) is 7.18. The fourth-order valence-electron chi connectivity index (χ4n) is 2.38. The summed E-state index contributed by atoms with van der Waals surface area (Å²) in [6.07, 6.45) is 6.84. The molecule has 1 N–H and O–H groups in total. The predicted octanol–water partition coefficient (Wildman–Crippen LogP) is 1.16. The molecule has 2 aromatic rings. The summed E-state index contributed by atoms with van der Waals surface area (Å²) < 4.78 is 1.91. The van der Waals surface area contributed by atoms with Gasteiger partial charge in [0.05, 0.1) is 11.9 Å². The van der Waals surface area contributed by atoms with Crippen molar-refractivity contribution < 1.29 is 0 Å². The van der Waals surface area contributed by atoms with Crippen LogP contribution in [0, 0.1) is 0 Å². The van der Waals surface area contributed by atoms with Crippen molar-refractivity contribution in [3.8, 4) is 11.3 Å². The number of anilines is 1. The van der Waals surface area contributed by atoms with Gasteiger partial charge in [0.1, 0.15) is 0 Å². The van der Waals surface area contributed by atoms with Crippen LogP contribution >= 0.6 is 0 Å². The maximum Gasteiger partial charge on any atom is 0.225 e.